The molecule has 2 rings (SSSR count). The predicted octanol–water partition coefficient (Wildman–Crippen LogP) is 2.61. The quantitative estimate of drug-likeness (QED) is 0.575. The number of hydrogen-bond acceptors (Lipinski definition) is 5. The molecule has 0 N–H and O–H groups in total. The van der Waals surface area contributed by atoms with Crippen molar-refractivity contribution in [1.82, 2.24) is 4.90 Å². The number of hydrogen-bond donors (Lipinski definition) is 0. The lowest BCUT2D eigenvalue weighted by molar-refractivity contribution is -0.311. The molecule has 0 aliphatic carbocycles. The van der Waals surface area contributed by atoms with E-state index in [4.69, 9.17) is 12.2 Å². The van der Waals surface area contributed by atoms with Crippen LogP contribution in [0.25, 0.3) is 6.08 Å². The Kier molecular flexibility index (Phi) is 6.18. The molecule has 1 amide bonds. The van der Waals surface area contributed by atoms with Gasteiger partial charge in [0.25, 0.3) is 5.91 Å². The molecule has 1 saturated heterocycles. The third kappa shape index (κ3) is 3.87. The summed E-state index contributed by atoms with van der Waals surface area (Å²) >= 11 is 6.39. The van der Waals surface area contributed by atoms with Crippen molar-refractivity contribution in [2.24, 2.45) is 5.92 Å². The first-order valence-electron chi connectivity index (χ1n) is 7.95. The number of aryl methyl sites for hydroxylation is 1. The molecule has 6 heteroatoms. The molecular weight excluding hydrogens is 342 g/mol. The van der Waals surface area contributed by atoms with Gasteiger partial charge in [-0.15, -0.1) is 0 Å². The summed E-state index contributed by atoms with van der Waals surface area (Å²) in [5.74, 6) is -1.87. The highest BCUT2D eigenvalue weighted by molar-refractivity contribution is 8.26. The normalized spacial score (nSPS) is 19.0. The van der Waals surface area contributed by atoms with Crippen molar-refractivity contribution in [2.75, 3.05) is 0 Å². The van der Waals surface area contributed by atoms with Gasteiger partial charge in [0, 0.05) is 0 Å². The van der Waals surface area contributed by atoms with Crippen molar-refractivity contribution < 1.29 is 14.7 Å². The van der Waals surface area contributed by atoms with E-state index in [1.165, 1.54) is 10.5 Å². The van der Waals surface area contributed by atoms with Crippen LogP contribution in [-0.2, 0) is 16.0 Å². The number of carbonyl (C=O) groups is 2. The van der Waals surface area contributed by atoms with Crippen molar-refractivity contribution in [2.45, 2.75) is 39.7 Å². The number of carboxylic acids is 1. The van der Waals surface area contributed by atoms with Gasteiger partial charge in [-0.3, -0.25) is 9.69 Å². The molecule has 2 atom stereocenters. The molecule has 128 valence electrons. The van der Waals surface area contributed by atoms with Gasteiger partial charge in [-0.1, -0.05) is 75.4 Å². The Morgan fingerprint density at radius 1 is 1.33 bits per heavy atom. The summed E-state index contributed by atoms with van der Waals surface area (Å²) in [7, 11) is 0. The van der Waals surface area contributed by atoms with Crippen LogP contribution in [0.4, 0.5) is 0 Å². The Morgan fingerprint density at radius 2 is 1.96 bits per heavy atom. The van der Waals surface area contributed by atoms with Crippen LogP contribution in [-0.4, -0.2) is 27.1 Å². The zero-order chi connectivity index (χ0) is 17.9. The average Bonchev–Trinajstić information content (AvgIpc) is 2.83. The number of nitrogens with zero attached hydrogens (tertiary/aromatic N) is 1. The largest absolute Gasteiger partial charge is 0.548 e. The Labute approximate surface area is 151 Å². The Balaban J connectivity index is 2.29. The highest BCUT2D eigenvalue weighted by Crippen LogP contribution is 2.35. The van der Waals surface area contributed by atoms with E-state index in [0.29, 0.717) is 11.3 Å². The predicted molar refractivity (Wildman–Crippen MR) is 99.1 cm³/mol. The van der Waals surface area contributed by atoms with Crippen LogP contribution in [0.2, 0.25) is 0 Å². The summed E-state index contributed by atoms with van der Waals surface area (Å²) in [5, 5.41) is 11.5. The molecule has 0 spiro atoms. The third-order valence-electron chi connectivity index (χ3n) is 4.21. The van der Waals surface area contributed by atoms with Gasteiger partial charge in [-0.05, 0) is 29.5 Å². The zero-order valence-electron chi connectivity index (χ0n) is 13.9. The first-order valence-corrected chi connectivity index (χ1v) is 9.18. The monoisotopic (exact) mass is 362 g/mol. The number of thioether (sulfide) groups is 1. The van der Waals surface area contributed by atoms with Gasteiger partial charge in [0.2, 0.25) is 0 Å². The summed E-state index contributed by atoms with van der Waals surface area (Å²) in [6.07, 6.45) is 3.32. The van der Waals surface area contributed by atoms with Crippen LogP contribution in [0.15, 0.2) is 29.2 Å². The molecule has 4 nitrogen and oxygen atoms in total. The maximum atomic E-state index is 12.7. The minimum atomic E-state index is -1.27. The fourth-order valence-corrected chi connectivity index (χ4v) is 3.87. The maximum Gasteiger partial charge on any atom is 0.266 e. The molecule has 0 saturated carbocycles. The lowest BCUT2D eigenvalue weighted by Crippen LogP contribution is -2.53. The maximum absolute atomic E-state index is 12.7. The van der Waals surface area contributed by atoms with E-state index in [1.807, 2.05) is 31.2 Å². The fourth-order valence-electron chi connectivity index (χ4n) is 2.54. The molecule has 0 bridgehead atoms. The van der Waals surface area contributed by atoms with Crippen LogP contribution in [0.5, 0.6) is 0 Å². The second kappa shape index (κ2) is 7.94. The number of aliphatic carboxylic acids is 1. The molecule has 0 radical (unpaired) electrons. The molecule has 24 heavy (non-hydrogen) atoms. The number of benzene rings is 1. The van der Waals surface area contributed by atoms with E-state index in [-0.39, 0.29) is 16.1 Å². The van der Waals surface area contributed by atoms with Gasteiger partial charge in [-0.2, -0.15) is 0 Å². The lowest BCUT2D eigenvalue weighted by Gasteiger charge is -2.32. The molecular formula is C18H20NO3S2-. The van der Waals surface area contributed by atoms with E-state index < -0.39 is 12.0 Å². The number of rotatable bonds is 6. The second-order valence-corrected chi connectivity index (χ2v) is 7.47. The summed E-state index contributed by atoms with van der Waals surface area (Å²) in [4.78, 5) is 25.8. The van der Waals surface area contributed by atoms with Gasteiger partial charge in [0.1, 0.15) is 4.32 Å². The Hall–Kier alpha value is -1.66. The van der Waals surface area contributed by atoms with Crippen LogP contribution in [0, 0.1) is 5.92 Å². The topological polar surface area (TPSA) is 60.4 Å². The molecule has 1 aliphatic rings. The minimum Gasteiger partial charge on any atom is -0.548 e. The van der Waals surface area contributed by atoms with E-state index >= 15 is 0 Å². The fraction of sp³-hybridized carbons (Fsp3) is 0.389. The Morgan fingerprint density at radius 3 is 2.46 bits per heavy atom. The minimum absolute atomic E-state index is 0.235. The number of carboxylic acid groups (broad SMARTS) is 1. The van der Waals surface area contributed by atoms with E-state index in [0.717, 1.165) is 23.7 Å². The van der Waals surface area contributed by atoms with Gasteiger partial charge in [-0.25, -0.2) is 0 Å². The smallest absolute Gasteiger partial charge is 0.266 e. The van der Waals surface area contributed by atoms with Crippen molar-refractivity contribution in [1.29, 1.82) is 0 Å². The lowest BCUT2D eigenvalue weighted by atomic mass is 9.98. The van der Waals surface area contributed by atoms with Crippen LogP contribution < -0.4 is 5.11 Å². The highest BCUT2D eigenvalue weighted by atomic mass is 32.2. The molecule has 1 fully saturated rings. The molecule has 1 aromatic carbocycles. The summed E-state index contributed by atoms with van der Waals surface area (Å²) < 4.78 is 0.269. The number of amides is 1. The van der Waals surface area contributed by atoms with Crippen molar-refractivity contribution in [3.63, 3.8) is 0 Å². The molecule has 1 aromatic rings. The third-order valence-corrected chi connectivity index (χ3v) is 5.54. The molecule has 0 aromatic heterocycles. The van der Waals surface area contributed by atoms with Crippen LogP contribution in [0.1, 0.15) is 38.3 Å². The van der Waals surface area contributed by atoms with Gasteiger partial charge in [0.15, 0.2) is 0 Å². The van der Waals surface area contributed by atoms with Crippen molar-refractivity contribution >= 4 is 46.3 Å². The van der Waals surface area contributed by atoms with Gasteiger partial charge < -0.3 is 9.90 Å². The summed E-state index contributed by atoms with van der Waals surface area (Å²) in [6, 6.07) is 6.87. The first kappa shape index (κ1) is 18.7. The Bertz CT molecular complexity index is 682. The molecule has 1 heterocycles. The van der Waals surface area contributed by atoms with Gasteiger partial charge in [0.05, 0.1) is 16.9 Å². The van der Waals surface area contributed by atoms with Gasteiger partial charge >= 0.3 is 0 Å². The van der Waals surface area contributed by atoms with Crippen LogP contribution in [0.3, 0.4) is 0 Å². The number of carbonyl (C=O) groups excluding carboxylic acids is 2. The zero-order valence-corrected chi connectivity index (χ0v) is 15.6. The standard InChI is InChI=1S/C18H21NO3S2/c1-4-11(3)15(17(21)22)19-16(20)14(24-18(19)23)10-13-8-6-12(5-2)7-9-13/h6-11,15H,4-5H2,1-3H3,(H,21,22)/p-1/b14-10-/t11-,15+/m1/s1. The van der Waals surface area contributed by atoms with Crippen molar-refractivity contribution in [3.8, 4) is 0 Å². The van der Waals surface area contributed by atoms with Crippen LogP contribution >= 0.6 is 24.0 Å². The SMILES string of the molecule is CCc1ccc(/C=C2\SC(=S)N([C@H](C(=O)[O-])[C@H](C)CC)C2=O)cc1. The first-order chi connectivity index (χ1) is 11.4. The van der Waals surface area contributed by atoms with E-state index in [9.17, 15) is 14.7 Å². The summed E-state index contributed by atoms with van der Waals surface area (Å²) in [5.41, 5.74) is 2.11. The molecule has 1 aliphatic heterocycles. The van der Waals surface area contributed by atoms with E-state index in [2.05, 4.69) is 6.92 Å². The average molecular weight is 362 g/mol. The second-order valence-electron chi connectivity index (χ2n) is 5.80. The van der Waals surface area contributed by atoms with E-state index in [1.54, 1.807) is 13.0 Å². The van der Waals surface area contributed by atoms with Crippen molar-refractivity contribution in [3.05, 3.63) is 40.3 Å². The highest BCUT2D eigenvalue weighted by Gasteiger charge is 2.39. The summed E-state index contributed by atoms with van der Waals surface area (Å²) in [6.45, 7) is 5.74. The number of thiocarbonyl (C=S) groups is 1. The molecule has 0 unspecified atom stereocenters.